The van der Waals surface area contributed by atoms with Gasteiger partial charge in [0.1, 0.15) is 16.4 Å². The molecule has 0 saturated heterocycles. The Balaban J connectivity index is 1.93. The molecule has 0 heterocycles. The number of nitrogens with one attached hydrogen (secondary N) is 2. The molecule has 35 heavy (non-hydrogen) atoms. The Kier molecular flexibility index (Phi) is 7.41. The maximum atomic E-state index is 13.0. The van der Waals surface area contributed by atoms with Crippen molar-refractivity contribution in [2.45, 2.75) is 37.6 Å². The van der Waals surface area contributed by atoms with Gasteiger partial charge in [-0.05, 0) is 62.2 Å². The van der Waals surface area contributed by atoms with Crippen molar-refractivity contribution in [3.63, 3.8) is 0 Å². The standard InChI is InChI=1S/C25H23F2N3O4S/c1-25(2,3)29-24(31)30-35(32,33)22-13-16(15-28)7-12-21(22)34-20-6-4-5-19(14-20)17-8-10-18(11-9-17)23(26)27/h4-14,23H,1-3H3,(H2,29,30,31). The normalized spacial score (nSPS) is 11.6. The largest absolute Gasteiger partial charge is 0.456 e. The summed E-state index contributed by atoms with van der Waals surface area (Å²) in [5.74, 6) is 0.158. The average molecular weight is 500 g/mol. The van der Waals surface area contributed by atoms with Crippen LogP contribution in [-0.2, 0) is 10.0 Å². The average Bonchev–Trinajstić information content (AvgIpc) is 2.78. The van der Waals surface area contributed by atoms with E-state index in [-0.39, 0.29) is 22.6 Å². The van der Waals surface area contributed by atoms with E-state index in [2.05, 4.69) is 5.32 Å². The molecule has 2 amide bonds. The Morgan fingerprint density at radius 3 is 2.29 bits per heavy atom. The van der Waals surface area contributed by atoms with Crippen molar-refractivity contribution in [2.75, 3.05) is 0 Å². The predicted octanol–water partition coefficient (Wildman–Crippen LogP) is 5.74. The molecule has 0 unspecified atom stereocenters. The van der Waals surface area contributed by atoms with Crippen molar-refractivity contribution in [3.05, 3.63) is 77.9 Å². The number of alkyl halides is 2. The van der Waals surface area contributed by atoms with Crippen molar-refractivity contribution in [3.8, 4) is 28.7 Å². The summed E-state index contributed by atoms with van der Waals surface area (Å²) in [7, 11) is -4.40. The molecule has 0 aliphatic heterocycles. The first-order chi connectivity index (χ1) is 16.4. The third-order valence-electron chi connectivity index (χ3n) is 4.64. The molecular formula is C25H23F2N3O4S. The van der Waals surface area contributed by atoms with E-state index < -0.39 is 32.9 Å². The van der Waals surface area contributed by atoms with Crippen molar-refractivity contribution in [2.24, 2.45) is 0 Å². The SMILES string of the molecule is CC(C)(C)NC(=O)NS(=O)(=O)c1cc(C#N)ccc1Oc1cccc(-c2ccc(C(F)F)cc2)c1. The number of sulfonamides is 1. The van der Waals surface area contributed by atoms with Crippen molar-refractivity contribution < 1.29 is 26.7 Å². The Labute approximate surface area is 202 Å². The number of amides is 2. The summed E-state index contributed by atoms with van der Waals surface area (Å²) in [6.07, 6.45) is -2.57. The van der Waals surface area contributed by atoms with Crippen LogP contribution in [0.1, 0.15) is 38.3 Å². The first-order valence-corrected chi connectivity index (χ1v) is 11.9. The van der Waals surface area contributed by atoms with Crippen LogP contribution >= 0.6 is 0 Å². The lowest BCUT2D eigenvalue weighted by Crippen LogP contribution is -2.48. The number of rotatable bonds is 6. The van der Waals surface area contributed by atoms with Gasteiger partial charge in [0.05, 0.1) is 11.6 Å². The van der Waals surface area contributed by atoms with Gasteiger partial charge in [0, 0.05) is 11.1 Å². The van der Waals surface area contributed by atoms with Crippen LogP contribution in [0.2, 0.25) is 0 Å². The summed E-state index contributed by atoms with van der Waals surface area (Å²) in [5.41, 5.74) is 0.594. The van der Waals surface area contributed by atoms with E-state index in [1.807, 2.05) is 10.8 Å². The second-order valence-corrected chi connectivity index (χ2v) is 10.3. The molecule has 0 aliphatic carbocycles. The van der Waals surface area contributed by atoms with E-state index in [0.29, 0.717) is 11.1 Å². The molecule has 182 valence electrons. The fourth-order valence-electron chi connectivity index (χ4n) is 3.10. The summed E-state index contributed by atoms with van der Waals surface area (Å²) < 4.78 is 59.3. The maximum Gasteiger partial charge on any atom is 0.329 e. The molecule has 0 saturated carbocycles. The molecule has 0 spiro atoms. The number of ether oxygens (including phenoxy) is 1. The van der Waals surface area contributed by atoms with Gasteiger partial charge in [-0.2, -0.15) is 5.26 Å². The quantitative estimate of drug-likeness (QED) is 0.450. The molecule has 7 nitrogen and oxygen atoms in total. The fraction of sp³-hybridized carbons (Fsp3) is 0.200. The predicted molar refractivity (Wildman–Crippen MR) is 127 cm³/mol. The summed E-state index contributed by atoms with van der Waals surface area (Å²) in [4.78, 5) is 11.8. The lowest BCUT2D eigenvalue weighted by Gasteiger charge is -2.21. The Morgan fingerprint density at radius 1 is 1.00 bits per heavy atom. The van der Waals surface area contributed by atoms with Gasteiger partial charge in [-0.3, -0.25) is 0 Å². The first-order valence-electron chi connectivity index (χ1n) is 10.4. The summed E-state index contributed by atoms with van der Waals surface area (Å²) >= 11 is 0. The molecule has 0 fully saturated rings. The minimum absolute atomic E-state index is 0.0572. The van der Waals surface area contributed by atoms with Gasteiger partial charge in [-0.25, -0.2) is 26.7 Å². The molecular weight excluding hydrogens is 476 g/mol. The molecule has 2 N–H and O–H groups in total. The van der Waals surface area contributed by atoms with Crippen LogP contribution in [0.5, 0.6) is 11.5 Å². The van der Waals surface area contributed by atoms with E-state index in [0.717, 1.165) is 6.07 Å². The van der Waals surface area contributed by atoms with E-state index in [9.17, 15) is 27.3 Å². The number of carbonyl (C=O) groups is 1. The number of hydrogen-bond acceptors (Lipinski definition) is 5. The van der Waals surface area contributed by atoms with Crippen LogP contribution < -0.4 is 14.8 Å². The van der Waals surface area contributed by atoms with Crippen LogP contribution in [0, 0.1) is 11.3 Å². The lowest BCUT2D eigenvalue weighted by molar-refractivity contribution is 0.151. The topological polar surface area (TPSA) is 108 Å². The van der Waals surface area contributed by atoms with Crippen LogP contribution in [0.4, 0.5) is 13.6 Å². The second kappa shape index (κ2) is 10.1. The highest BCUT2D eigenvalue weighted by Gasteiger charge is 2.25. The Bertz CT molecular complexity index is 1380. The molecule has 0 radical (unpaired) electrons. The van der Waals surface area contributed by atoms with Gasteiger partial charge in [0.25, 0.3) is 16.4 Å². The molecule has 0 bridgehead atoms. The number of nitrogens with zero attached hydrogens (tertiary/aromatic N) is 1. The molecule has 0 aliphatic rings. The van der Waals surface area contributed by atoms with Gasteiger partial charge >= 0.3 is 6.03 Å². The third-order valence-corrected chi connectivity index (χ3v) is 5.99. The van der Waals surface area contributed by atoms with Crippen molar-refractivity contribution in [1.82, 2.24) is 10.0 Å². The molecule has 3 aromatic rings. The van der Waals surface area contributed by atoms with E-state index in [1.165, 1.54) is 24.3 Å². The fourth-order valence-corrected chi connectivity index (χ4v) is 4.16. The van der Waals surface area contributed by atoms with Crippen LogP contribution in [0.25, 0.3) is 11.1 Å². The van der Waals surface area contributed by atoms with Crippen LogP contribution in [-0.4, -0.2) is 20.0 Å². The highest BCUT2D eigenvalue weighted by Crippen LogP contribution is 2.32. The van der Waals surface area contributed by atoms with E-state index in [1.54, 1.807) is 57.2 Å². The smallest absolute Gasteiger partial charge is 0.329 e. The molecule has 10 heteroatoms. The third kappa shape index (κ3) is 6.77. The van der Waals surface area contributed by atoms with Gasteiger partial charge in [0.15, 0.2) is 0 Å². The zero-order chi connectivity index (χ0) is 25.8. The summed E-state index contributed by atoms with van der Waals surface area (Å²) in [5, 5.41) is 11.7. The molecule has 0 atom stereocenters. The second-order valence-electron chi connectivity index (χ2n) is 8.64. The van der Waals surface area contributed by atoms with Gasteiger partial charge in [-0.15, -0.1) is 0 Å². The van der Waals surface area contributed by atoms with Crippen molar-refractivity contribution in [1.29, 1.82) is 5.26 Å². The summed E-state index contributed by atoms with van der Waals surface area (Å²) in [6.45, 7) is 5.08. The Morgan fingerprint density at radius 2 is 1.69 bits per heavy atom. The highest BCUT2D eigenvalue weighted by atomic mass is 32.2. The maximum absolute atomic E-state index is 13.0. The zero-order valence-corrected chi connectivity index (χ0v) is 20.0. The van der Waals surface area contributed by atoms with Crippen LogP contribution in [0.3, 0.4) is 0 Å². The first kappa shape index (κ1) is 25.6. The Hall–Kier alpha value is -3.97. The minimum atomic E-state index is -4.40. The number of urea groups is 1. The lowest BCUT2D eigenvalue weighted by atomic mass is 10.0. The molecule has 3 rings (SSSR count). The van der Waals surface area contributed by atoms with Gasteiger partial charge in [-0.1, -0.05) is 36.4 Å². The van der Waals surface area contributed by atoms with E-state index in [4.69, 9.17) is 4.74 Å². The summed E-state index contributed by atoms with van der Waals surface area (Å²) in [6, 6.07) is 17.1. The number of nitriles is 1. The number of carbonyl (C=O) groups excluding carboxylic acids is 1. The number of benzene rings is 3. The van der Waals surface area contributed by atoms with E-state index >= 15 is 0 Å². The van der Waals surface area contributed by atoms with Crippen molar-refractivity contribution >= 4 is 16.1 Å². The zero-order valence-electron chi connectivity index (χ0n) is 19.2. The molecule has 3 aromatic carbocycles. The van der Waals surface area contributed by atoms with Gasteiger partial charge < -0.3 is 10.1 Å². The monoisotopic (exact) mass is 499 g/mol. The minimum Gasteiger partial charge on any atom is -0.456 e. The molecule has 0 aromatic heterocycles. The highest BCUT2D eigenvalue weighted by molar-refractivity contribution is 7.90. The van der Waals surface area contributed by atoms with Gasteiger partial charge in [0.2, 0.25) is 0 Å². The van der Waals surface area contributed by atoms with Crippen LogP contribution in [0.15, 0.2) is 71.6 Å². The number of halogens is 2. The number of hydrogen-bond donors (Lipinski definition) is 2.